The van der Waals surface area contributed by atoms with Gasteiger partial charge in [0.25, 0.3) is 0 Å². The van der Waals surface area contributed by atoms with Crippen molar-refractivity contribution in [3.8, 4) is 5.69 Å². The van der Waals surface area contributed by atoms with Crippen LogP contribution in [0.3, 0.4) is 0 Å². The quantitative estimate of drug-likeness (QED) is 0.852. The zero-order valence-corrected chi connectivity index (χ0v) is 14.2. The van der Waals surface area contributed by atoms with E-state index in [1.807, 2.05) is 38.1 Å². The number of aryl methyl sites for hydroxylation is 1. The molecule has 1 aromatic heterocycles. The van der Waals surface area contributed by atoms with E-state index in [9.17, 15) is 4.79 Å². The number of hydrogen-bond donors (Lipinski definition) is 1. The van der Waals surface area contributed by atoms with E-state index >= 15 is 0 Å². The summed E-state index contributed by atoms with van der Waals surface area (Å²) in [5.41, 5.74) is 2.02. The highest BCUT2D eigenvalue weighted by molar-refractivity contribution is 8.00. The van der Waals surface area contributed by atoms with E-state index in [1.54, 1.807) is 4.68 Å². The number of nitrogens with zero attached hydrogens (tertiary/aromatic N) is 4. The van der Waals surface area contributed by atoms with E-state index in [0.717, 1.165) is 24.1 Å². The number of aromatic nitrogens is 4. The number of para-hydroxylation sites is 1. The molecule has 1 aliphatic carbocycles. The van der Waals surface area contributed by atoms with Gasteiger partial charge in [-0.25, -0.2) is 0 Å². The maximum atomic E-state index is 12.3. The Bertz CT molecular complexity index is 681. The Morgan fingerprint density at radius 2 is 2.09 bits per heavy atom. The molecule has 1 heterocycles. The Balaban J connectivity index is 1.70. The average Bonchev–Trinajstić information content (AvgIpc) is 3.19. The molecular weight excluding hydrogens is 310 g/mol. The third kappa shape index (κ3) is 3.72. The van der Waals surface area contributed by atoms with Crippen molar-refractivity contribution < 1.29 is 4.79 Å². The number of carbonyl (C=O) groups excluding carboxylic acids is 1. The van der Waals surface area contributed by atoms with Gasteiger partial charge in [-0.1, -0.05) is 42.8 Å². The normalized spacial score (nSPS) is 16.4. The van der Waals surface area contributed by atoms with E-state index < -0.39 is 0 Å². The molecule has 0 bridgehead atoms. The van der Waals surface area contributed by atoms with Crippen molar-refractivity contribution >= 4 is 17.7 Å². The van der Waals surface area contributed by atoms with E-state index in [0.29, 0.717) is 11.2 Å². The third-order valence-corrected chi connectivity index (χ3v) is 5.17. The molecule has 6 nitrogen and oxygen atoms in total. The first-order chi connectivity index (χ1) is 11.1. The molecular formula is C16H21N5OS. The Kier molecular flexibility index (Phi) is 4.95. The number of nitrogens with one attached hydrogen (secondary N) is 1. The second-order valence-corrected chi connectivity index (χ2v) is 7.22. The topological polar surface area (TPSA) is 72.7 Å². The van der Waals surface area contributed by atoms with Gasteiger partial charge in [0.15, 0.2) is 0 Å². The molecule has 0 spiro atoms. The lowest BCUT2D eigenvalue weighted by atomic mass is 10.2. The summed E-state index contributed by atoms with van der Waals surface area (Å²) in [6.45, 7) is 3.91. The van der Waals surface area contributed by atoms with Gasteiger partial charge in [0.05, 0.1) is 10.9 Å². The Morgan fingerprint density at radius 1 is 1.35 bits per heavy atom. The summed E-state index contributed by atoms with van der Waals surface area (Å²) in [5.74, 6) is 0.0567. The molecule has 1 N–H and O–H groups in total. The smallest absolute Gasteiger partial charge is 0.233 e. The molecule has 2 aromatic rings. The molecule has 1 aromatic carbocycles. The Labute approximate surface area is 140 Å². The van der Waals surface area contributed by atoms with Crippen molar-refractivity contribution in [3.05, 3.63) is 29.8 Å². The number of carbonyl (C=O) groups is 1. The molecule has 0 radical (unpaired) electrons. The molecule has 23 heavy (non-hydrogen) atoms. The molecule has 122 valence electrons. The molecule has 0 saturated heterocycles. The van der Waals surface area contributed by atoms with E-state index in [2.05, 4.69) is 20.8 Å². The van der Waals surface area contributed by atoms with E-state index in [1.165, 1.54) is 24.6 Å². The minimum absolute atomic E-state index is 0.0567. The molecule has 1 fully saturated rings. The predicted molar refractivity (Wildman–Crippen MR) is 89.6 cm³/mol. The molecule has 0 unspecified atom stereocenters. The van der Waals surface area contributed by atoms with Crippen LogP contribution in [0.5, 0.6) is 0 Å². The van der Waals surface area contributed by atoms with Crippen LogP contribution in [0.2, 0.25) is 0 Å². The molecule has 1 atom stereocenters. The predicted octanol–water partition coefficient (Wildman–Crippen LogP) is 2.51. The lowest BCUT2D eigenvalue weighted by Crippen LogP contribution is -2.37. The number of amides is 1. The first-order valence-corrected chi connectivity index (χ1v) is 8.84. The molecule has 7 heteroatoms. The van der Waals surface area contributed by atoms with E-state index in [4.69, 9.17) is 0 Å². The van der Waals surface area contributed by atoms with Crippen molar-refractivity contribution in [1.29, 1.82) is 0 Å². The Morgan fingerprint density at radius 3 is 2.83 bits per heavy atom. The largest absolute Gasteiger partial charge is 0.352 e. The third-order valence-electron chi connectivity index (χ3n) is 4.14. The van der Waals surface area contributed by atoms with Crippen molar-refractivity contribution in [3.63, 3.8) is 0 Å². The second kappa shape index (κ2) is 7.12. The fourth-order valence-corrected chi connectivity index (χ4v) is 3.61. The summed E-state index contributed by atoms with van der Waals surface area (Å²) in [5, 5.41) is 15.4. The molecule has 1 saturated carbocycles. The number of benzene rings is 1. The second-order valence-electron chi connectivity index (χ2n) is 5.91. The maximum absolute atomic E-state index is 12.3. The van der Waals surface area contributed by atoms with Gasteiger partial charge in [-0.3, -0.25) is 4.79 Å². The van der Waals surface area contributed by atoms with Gasteiger partial charge in [-0.15, -0.1) is 5.10 Å². The van der Waals surface area contributed by atoms with Crippen molar-refractivity contribution in [2.24, 2.45) is 0 Å². The lowest BCUT2D eigenvalue weighted by molar-refractivity contribution is -0.120. The number of thioether (sulfide) groups is 1. The van der Waals surface area contributed by atoms with Crippen LogP contribution in [0.15, 0.2) is 29.4 Å². The van der Waals surface area contributed by atoms with Crippen LogP contribution in [-0.4, -0.2) is 37.4 Å². The van der Waals surface area contributed by atoms with Gasteiger partial charge in [0.1, 0.15) is 0 Å². The van der Waals surface area contributed by atoms with E-state index in [-0.39, 0.29) is 11.2 Å². The maximum Gasteiger partial charge on any atom is 0.233 e. The highest BCUT2D eigenvalue weighted by atomic mass is 32.2. The molecule has 3 rings (SSSR count). The lowest BCUT2D eigenvalue weighted by Gasteiger charge is -2.16. The van der Waals surface area contributed by atoms with Crippen LogP contribution in [0.25, 0.3) is 5.69 Å². The standard InChI is InChI=1S/C16H21N5OS/c1-11-7-3-6-10-14(11)21-16(18-19-20-21)23-12(2)15(22)17-13-8-4-5-9-13/h3,6-7,10,12-13H,4-5,8-9H2,1-2H3,(H,17,22)/t12-/m1/s1. The summed E-state index contributed by atoms with van der Waals surface area (Å²) >= 11 is 1.39. The highest BCUT2D eigenvalue weighted by Gasteiger charge is 2.23. The highest BCUT2D eigenvalue weighted by Crippen LogP contribution is 2.25. The van der Waals surface area contributed by atoms with Gasteiger partial charge >= 0.3 is 0 Å². The van der Waals surface area contributed by atoms with Crippen molar-refractivity contribution in [2.45, 2.75) is 56.0 Å². The van der Waals surface area contributed by atoms with Crippen molar-refractivity contribution in [2.75, 3.05) is 0 Å². The Hall–Kier alpha value is -1.89. The van der Waals surface area contributed by atoms with Gasteiger partial charge in [0, 0.05) is 6.04 Å². The number of hydrogen-bond acceptors (Lipinski definition) is 5. The minimum atomic E-state index is -0.232. The number of tetrazole rings is 1. The zero-order chi connectivity index (χ0) is 16.2. The summed E-state index contributed by atoms with van der Waals surface area (Å²) in [6.07, 6.45) is 4.59. The van der Waals surface area contributed by atoms with Gasteiger partial charge in [-0.2, -0.15) is 4.68 Å². The summed E-state index contributed by atoms with van der Waals surface area (Å²) in [4.78, 5) is 12.3. The van der Waals surface area contributed by atoms with Crippen molar-refractivity contribution in [1.82, 2.24) is 25.5 Å². The summed E-state index contributed by atoms with van der Waals surface area (Å²) in [7, 11) is 0. The zero-order valence-electron chi connectivity index (χ0n) is 13.4. The minimum Gasteiger partial charge on any atom is -0.352 e. The van der Waals surface area contributed by atoms with Crippen LogP contribution in [0, 0.1) is 6.92 Å². The molecule has 1 aliphatic rings. The van der Waals surface area contributed by atoms with Crippen LogP contribution in [0.4, 0.5) is 0 Å². The first kappa shape index (κ1) is 16.0. The van der Waals surface area contributed by atoms with Gasteiger partial charge in [0.2, 0.25) is 11.1 Å². The van der Waals surface area contributed by atoms with Crippen LogP contribution >= 0.6 is 11.8 Å². The summed E-state index contributed by atoms with van der Waals surface area (Å²) in [6, 6.07) is 8.25. The van der Waals surface area contributed by atoms with Crippen LogP contribution in [0.1, 0.15) is 38.2 Å². The average molecular weight is 331 g/mol. The van der Waals surface area contributed by atoms with Crippen LogP contribution in [-0.2, 0) is 4.79 Å². The van der Waals surface area contributed by atoms with Gasteiger partial charge < -0.3 is 5.32 Å². The molecule has 0 aliphatic heterocycles. The number of rotatable bonds is 5. The first-order valence-electron chi connectivity index (χ1n) is 7.96. The fraction of sp³-hybridized carbons (Fsp3) is 0.500. The monoisotopic (exact) mass is 331 g/mol. The van der Waals surface area contributed by atoms with Gasteiger partial charge in [-0.05, 0) is 48.7 Å². The van der Waals surface area contributed by atoms with Crippen LogP contribution < -0.4 is 5.32 Å². The fourth-order valence-electron chi connectivity index (χ4n) is 2.80. The molecule has 1 amide bonds. The SMILES string of the molecule is Cc1ccccc1-n1nnnc1S[C@H](C)C(=O)NC1CCCC1. The summed E-state index contributed by atoms with van der Waals surface area (Å²) < 4.78 is 1.69.